The van der Waals surface area contributed by atoms with E-state index < -0.39 is 0 Å². The van der Waals surface area contributed by atoms with Crippen LogP contribution < -0.4 is 0 Å². The number of nitrogens with zero attached hydrogens (tertiary/aromatic N) is 2. The first-order valence-electron chi connectivity index (χ1n) is 23.5. The minimum absolute atomic E-state index is 0.126. The van der Waals surface area contributed by atoms with E-state index >= 15 is 0 Å². The van der Waals surface area contributed by atoms with Gasteiger partial charge in [-0.1, -0.05) is 110 Å². The highest BCUT2D eigenvalue weighted by molar-refractivity contribution is 9.10. The molecule has 7 fully saturated rings. The molecule has 0 saturated heterocycles. The summed E-state index contributed by atoms with van der Waals surface area (Å²) in [5, 5.41) is 1.50. The maximum Gasteiger partial charge on any atom is 0.387 e. The number of hydrogen-bond acceptors (Lipinski definition) is 6. The molecule has 0 radical (unpaired) electrons. The van der Waals surface area contributed by atoms with Crippen LogP contribution in [0.2, 0.25) is 10.0 Å². The van der Waals surface area contributed by atoms with Crippen molar-refractivity contribution in [2.45, 2.75) is 161 Å². The summed E-state index contributed by atoms with van der Waals surface area (Å²) in [6, 6.07) is 12.6. The van der Waals surface area contributed by atoms with Gasteiger partial charge in [0.05, 0.1) is 42.0 Å². The van der Waals surface area contributed by atoms with Crippen LogP contribution in [0.1, 0.15) is 156 Å². The van der Waals surface area contributed by atoms with Gasteiger partial charge in [0.15, 0.2) is 11.8 Å². The number of halogens is 3. The smallest absolute Gasteiger partial charge is 0.387 e. The summed E-state index contributed by atoms with van der Waals surface area (Å²) in [7, 11) is 2.90. The van der Waals surface area contributed by atoms with E-state index in [0.717, 1.165) is 72.0 Å². The molecule has 7 saturated carbocycles. The third-order valence-electron chi connectivity index (χ3n) is 17.7. The first kappa shape index (κ1) is 47.5. The number of amides is 2. The van der Waals surface area contributed by atoms with E-state index in [1.165, 1.54) is 31.8 Å². The first-order chi connectivity index (χ1) is 29.9. The largest absolute Gasteiger partial charge is 0.469 e. The molecule has 7 atom stereocenters. The van der Waals surface area contributed by atoms with Crippen molar-refractivity contribution in [2.24, 2.45) is 39.9 Å². The number of methoxy groups -OCH3 is 2. The van der Waals surface area contributed by atoms with Gasteiger partial charge in [0, 0.05) is 58.1 Å². The topological polar surface area (TPSA) is 93.0 Å². The van der Waals surface area contributed by atoms with Crippen molar-refractivity contribution in [3.63, 3.8) is 0 Å². The monoisotopic (exact) mass is 977 g/mol. The minimum Gasteiger partial charge on any atom is -0.469 e. The highest BCUT2D eigenvalue weighted by Crippen LogP contribution is 2.72. The van der Waals surface area contributed by atoms with Crippen molar-refractivity contribution in [3.05, 3.63) is 79.4 Å². The number of esters is 2. The van der Waals surface area contributed by atoms with Gasteiger partial charge >= 0.3 is 17.8 Å². The summed E-state index contributed by atoms with van der Waals surface area (Å²) in [6.07, 6.45) is 12.8. The molecular formula is C53H68BrCl2N2O6+. The van der Waals surface area contributed by atoms with Crippen molar-refractivity contribution >= 4 is 69.1 Å². The van der Waals surface area contributed by atoms with Gasteiger partial charge in [0.1, 0.15) is 0 Å². The highest BCUT2D eigenvalue weighted by atomic mass is 79.9. The van der Waals surface area contributed by atoms with Gasteiger partial charge in [-0.25, -0.2) is 4.79 Å². The second-order valence-electron chi connectivity index (χ2n) is 22.8. The van der Waals surface area contributed by atoms with Crippen LogP contribution >= 0.6 is 39.1 Å². The summed E-state index contributed by atoms with van der Waals surface area (Å²) in [4.78, 5) is 53.2. The summed E-state index contributed by atoms with van der Waals surface area (Å²) in [6.45, 7) is 20.2. The molecule has 1 unspecified atom stereocenters. The van der Waals surface area contributed by atoms with E-state index in [1.54, 1.807) is 0 Å². The molecule has 64 heavy (non-hydrogen) atoms. The fourth-order valence-electron chi connectivity index (χ4n) is 13.4. The van der Waals surface area contributed by atoms with Crippen LogP contribution in [-0.2, 0) is 39.5 Å². The maximum atomic E-state index is 13.6. The van der Waals surface area contributed by atoms with Gasteiger partial charge in [0.25, 0.3) is 0 Å². The van der Waals surface area contributed by atoms with Crippen LogP contribution in [-0.4, -0.2) is 64.7 Å². The molecule has 0 aromatic heterocycles. The predicted octanol–water partition coefficient (Wildman–Crippen LogP) is 12.1. The molecule has 8 nitrogen and oxygen atoms in total. The molecular weight excluding hydrogens is 911 g/mol. The Bertz CT molecular complexity index is 2330. The van der Waals surface area contributed by atoms with E-state index in [9.17, 15) is 19.2 Å². The third-order valence-corrected chi connectivity index (χ3v) is 19.3. The van der Waals surface area contributed by atoms with E-state index in [2.05, 4.69) is 115 Å². The standard InChI is InChI=1S/C30H40ClNO3.C23H28BrClNO3/c1-8-18(2)23-14-32(30-15-29(16-30,17-30)26(34)35-7)25(33)13-28(23,6)19-9-10-20(24(31)11-19)21-12-22(21)27(3,4)5;1-5-14(2)16-10-26(23-11-22(12-23,13-23)20(28)29-4)19(27)9-21(16,3)15-6-7-17(24)18(25)8-15/h9-11,14,18,21-22H,8,12-13,15-17H2,1-7H3;6-8,10,14,16H,5,9,11-13H2,1-4H3/q;+1/t18-,21-,22+,28-,29?,30?;14-,16?,21-,22?,23?/m00/s1. The number of carbonyl (C=O) groups excluding carboxylic acids is 4. The second-order valence-corrected chi connectivity index (χ2v) is 24.5. The van der Waals surface area contributed by atoms with E-state index in [1.807, 2.05) is 21.6 Å². The molecule has 11 rings (SSSR count). The Morgan fingerprint density at radius 2 is 1.44 bits per heavy atom. The van der Waals surface area contributed by atoms with Crippen LogP contribution in [0.15, 0.2) is 52.6 Å². The molecule has 0 N–H and O–H groups in total. The Morgan fingerprint density at radius 1 is 0.859 bits per heavy atom. The van der Waals surface area contributed by atoms with Gasteiger partial charge in [-0.05, 0) is 118 Å². The molecule has 2 amide bonds. The van der Waals surface area contributed by atoms with E-state index in [4.69, 9.17) is 32.7 Å². The Labute approximate surface area is 399 Å². The van der Waals surface area contributed by atoms with Crippen LogP contribution in [0.3, 0.4) is 0 Å². The number of carbonyl (C=O) groups is 4. The number of rotatable bonds is 11. The summed E-state index contributed by atoms with van der Waals surface area (Å²) in [5.41, 5.74) is 3.25. The molecule has 11 heteroatoms. The highest BCUT2D eigenvalue weighted by Gasteiger charge is 2.81. The molecule has 2 aliphatic heterocycles. The van der Waals surface area contributed by atoms with E-state index in [0.29, 0.717) is 41.5 Å². The van der Waals surface area contributed by atoms with Crippen molar-refractivity contribution in [1.29, 1.82) is 0 Å². The molecule has 2 aromatic rings. The number of allylic oxidation sites excluding steroid dienone is 1. The van der Waals surface area contributed by atoms with Crippen LogP contribution in [0.25, 0.3) is 0 Å². The van der Waals surface area contributed by atoms with Gasteiger partial charge in [-0.3, -0.25) is 14.4 Å². The Hall–Kier alpha value is -3.01. The molecule has 2 aromatic carbocycles. The van der Waals surface area contributed by atoms with Gasteiger partial charge in [-0.15, -0.1) is 0 Å². The molecule has 346 valence electrons. The average molecular weight is 980 g/mol. The van der Waals surface area contributed by atoms with Crippen molar-refractivity contribution in [1.82, 2.24) is 4.90 Å². The summed E-state index contributed by atoms with van der Waals surface area (Å²) in [5.74, 6) is 2.20. The van der Waals surface area contributed by atoms with E-state index in [-0.39, 0.29) is 67.8 Å². The predicted molar refractivity (Wildman–Crippen MR) is 256 cm³/mol. The lowest BCUT2D eigenvalue weighted by Crippen LogP contribution is -2.77. The van der Waals surface area contributed by atoms with Gasteiger partial charge in [0.2, 0.25) is 5.91 Å². The Balaban J connectivity index is 0.000000178. The van der Waals surface area contributed by atoms with Crippen LogP contribution in [0, 0.1) is 39.9 Å². The van der Waals surface area contributed by atoms with Crippen molar-refractivity contribution in [3.8, 4) is 0 Å². The Kier molecular flexibility index (Phi) is 11.9. The normalized spacial score (nSPS) is 36.6. The summed E-state index contributed by atoms with van der Waals surface area (Å²) >= 11 is 16.8. The van der Waals surface area contributed by atoms with Crippen molar-refractivity contribution in [2.75, 3.05) is 14.2 Å². The third kappa shape index (κ3) is 7.29. The fraction of sp³-hybridized carbons (Fsp3) is 0.642. The van der Waals surface area contributed by atoms with Crippen LogP contribution in [0.4, 0.5) is 0 Å². The maximum absolute atomic E-state index is 13.6. The molecule has 2 heterocycles. The number of benzene rings is 2. The molecule has 7 aliphatic carbocycles. The lowest BCUT2D eigenvalue weighted by molar-refractivity contribution is -0.604. The molecule has 9 aliphatic rings. The van der Waals surface area contributed by atoms with Gasteiger partial charge < -0.3 is 14.4 Å². The quantitative estimate of drug-likeness (QED) is 0.164. The summed E-state index contributed by atoms with van der Waals surface area (Å²) < 4.78 is 12.8. The fourth-order valence-corrected chi connectivity index (χ4v) is 14.2. The second kappa shape index (κ2) is 16.1. The number of hydrogen-bond donors (Lipinski definition) is 0. The average Bonchev–Trinajstić information content (AvgIpc) is 4.00. The Morgan fingerprint density at radius 3 is 1.95 bits per heavy atom. The lowest BCUT2D eigenvalue weighted by Gasteiger charge is -2.71. The first-order valence-corrected chi connectivity index (χ1v) is 25.1. The lowest BCUT2D eigenvalue weighted by atomic mass is 9.38. The zero-order chi connectivity index (χ0) is 46.7. The van der Waals surface area contributed by atoms with Crippen molar-refractivity contribution < 1.29 is 33.2 Å². The van der Waals surface area contributed by atoms with Crippen LogP contribution in [0.5, 0.6) is 0 Å². The minimum atomic E-state index is -0.387. The van der Waals surface area contributed by atoms with Gasteiger partial charge in [-0.2, -0.15) is 4.58 Å². The molecule has 0 spiro atoms. The zero-order valence-corrected chi connectivity index (χ0v) is 42.9. The SMILES string of the molecule is CC[C@H](C)C1=CN(C23CC(C(=O)OC)(C2)C3)C(=O)C[C@@]1(C)c1ccc([C@@H]2C[C@H]2C(C)(C)C)c(Cl)c1.CC[C@H](C)C1C=[N+](C23CC(C(=O)OC)(C2)C3)C(=O)C[C@@]1(C)c1ccc(Br)c(Cl)c1. The molecule has 4 bridgehead atoms. The number of ether oxygens (including phenoxy) is 2. The zero-order valence-electron chi connectivity index (χ0n) is 39.8.